The topological polar surface area (TPSA) is 48.3 Å². The van der Waals surface area contributed by atoms with Crippen LogP contribution in [0.15, 0.2) is 23.1 Å². The van der Waals surface area contributed by atoms with Crippen molar-refractivity contribution in [2.24, 2.45) is 7.05 Å². The van der Waals surface area contributed by atoms with Gasteiger partial charge in [0, 0.05) is 19.3 Å². The number of ether oxygens (including phenoxy) is 1. The minimum atomic E-state index is -0.460. The maximum absolute atomic E-state index is 11.3. The van der Waals surface area contributed by atoms with Gasteiger partial charge in [-0.05, 0) is 19.9 Å². The number of nitrogens with zero attached hydrogens (tertiary/aromatic N) is 1. The van der Waals surface area contributed by atoms with E-state index in [9.17, 15) is 9.59 Å². The molecule has 0 amide bonds. The van der Waals surface area contributed by atoms with Crippen LogP contribution in [0.5, 0.6) is 0 Å². The number of aryl methyl sites for hydroxylation is 1. The van der Waals surface area contributed by atoms with Crippen molar-refractivity contribution in [1.29, 1.82) is 0 Å². The second kappa shape index (κ2) is 4.09. The van der Waals surface area contributed by atoms with E-state index in [1.54, 1.807) is 33.2 Å². The Bertz CT molecular complexity index is 393. The van der Waals surface area contributed by atoms with Gasteiger partial charge in [0.15, 0.2) is 0 Å². The van der Waals surface area contributed by atoms with Crippen LogP contribution < -0.4 is 5.56 Å². The fourth-order valence-corrected chi connectivity index (χ4v) is 0.958. The Labute approximate surface area is 82.1 Å². The molecule has 0 aliphatic carbocycles. The number of pyridine rings is 1. The molecular formula is C10H13NO3. The summed E-state index contributed by atoms with van der Waals surface area (Å²) in [6, 6.07) is 2.83. The summed E-state index contributed by atoms with van der Waals surface area (Å²) >= 11 is 0. The van der Waals surface area contributed by atoms with Gasteiger partial charge in [0.1, 0.15) is 0 Å². The predicted molar refractivity (Wildman–Crippen MR) is 52.2 cm³/mol. The highest BCUT2D eigenvalue weighted by molar-refractivity contribution is 5.89. The van der Waals surface area contributed by atoms with Gasteiger partial charge in [-0.25, -0.2) is 4.79 Å². The van der Waals surface area contributed by atoms with Crippen LogP contribution in [0.25, 0.3) is 0 Å². The largest absolute Gasteiger partial charge is 0.459 e. The Balaban J connectivity index is 2.92. The Kier molecular flexibility index (Phi) is 3.06. The van der Waals surface area contributed by atoms with E-state index >= 15 is 0 Å². The summed E-state index contributed by atoms with van der Waals surface area (Å²) in [4.78, 5) is 22.5. The molecule has 0 unspecified atom stereocenters. The van der Waals surface area contributed by atoms with Crippen LogP contribution in [0.2, 0.25) is 0 Å². The molecule has 1 rings (SSSR count). The molecule has 0 atom stereocenters. The lowest BCUT2D eigenvalue weighted by molar-refractivity contribution is 0.0377. The van der Waals surface area contributed by atoms with E-state index in [-0.39, 0.29) is 11.7 Å². The van der Waals surface area contributed by atoms with Gasteiger partial charge in [0.25, 0.3) is 5.56 Å². The van der Waals surface area contributed by atoms with E-state index in [2.05, 4.69) is 0 Å². The molecule has 0 N–H and O–H groups in total. The molecule has 0 radical (unpaired) electrons. The van der Waals surface area contributed by atoms with Crippen LogP contribution >= 0.6 is 0 Å². The van der Waals surface area contributed by atoms with Gasteiger partial charge in [-0.15, -0.1) is 0 Å². The molecule has 0 spiro atoms. The van der Waals surface area contributed by atoms with E-state index < -0.39 is 5.97 Å². The Morgan fingerprint density at radius 1 is 1.50 bits per heavy atom. The summed E-state index contributed by atoms with van der Waals surface area (Å²) in [6.07, 6.45) is 1.37. The zero-order chi connectivity index (χ0) is 10.7. The molecule has 1 aromatic heterocycles. The standard InChI is InChI=1S/C10H13NO3/c1-7(2)14-10(13)8-4-5-11(3)9(12)6-8/h4-7H,1-3H3. The molecule has 0 aromatic carbocycles. The molecule has 1 heterocycles. The SMILES string of the molecule is CC(C)OC(=O)c1ccn(C)c(=O)c1. The van der Waals surface area contributed by atoms with Crippen LogP contribution in [-0.4, -0.2) is 16.6 Å². The molecule has 14 heavy (non-hydrogen) atoms. The monoisotopic (exact) mass is 195 g/mol. The maximum Gasteiger partial charge on any atom is 0.338 e. The summed E-state index contributed by atoms with van der Waals surface area (Å²) in [7, 11) is 1.62. The minimum Gasteiger partial charge on any atom is -0.459 e. The van der Waals surface area contributed by atoms with Gasteiger partial charge in [-0.1, -0.05) is 0 Å². The fourth-order valence-electron chi connectivity index (χ4n) is 0.958. The molecule has 0 fully saturated rings. The molecule has 1 aromatic rings. The molecule has 0 aliphatic heterocycles. The summed E-state index contributed by atoms with van der Waals surface area (Å²) in [5, 5.41) is 0. The van der Waals surface area contributed by atoms with Gasteiger partial charge in [-0.3, -0.25) is 4.79 Å². The van der Waals surface area contributed by atoms with Gasteiger partial charge in [0.2, 0.25) is 0 Å². The second-order valence-electron chi connectivity index (χ2n) is 3.32. The highest BCUT2D eigenvalue weighted by atomic mass is 16.5. The van der Waals surface area contributed by atoms with Crippen molar-refractivity contribution in [3.63, 3.8) is 0 Å². The quantitative estimate of drug-likeness (QED) is 0.660. The van der Waals surface area contributed by atoms with E-state index in [0.717, 1.165) is 0 Å². The molecule has 4 nitrogen and oxygen atoms in total. The average Bonchev–Trinajstić information content (AvgIpc) is 2.08. The Hall–Kier alpha value is -1.58. The molecule has 4 heteroatoms. The number of aromatic nitrogens is 1. The van der Waals surface area contributed by atoms with Crippen LogP contribution in [0.4, 0.5) is 0 Å². The van der Waals surface area contributed by atoms with Crippen molar-refractivity contribution >= 4 is 5.97 Å². The van der Waals surface area contributed by atoms with E-state index in [0.29, 0.717) is 5.56 Å². The van der Waals surface area contributed by atoms with Gasteiger partial charge < -0.3 is 9.30 Å². The lowest BCUT2D eigenvalue weighted by atomic mass is 10.2. The first kappa shape index (κ1) is 10.5. The number of carbonyl (C=O) groups is 1. The number of hydrogen-bond acceptors (Lipinski definition) is 3. The third kappa shape index (κ3) is 2.45. The van der Waals surface area contributed by atoms with Crippen molar-refractivity contribution in [2.75, 3.05) is 0 Å². The average molecular weight is 195 g/mol. The number of carbonyl (C=O) groups excluding carboxylic acids is 1. The van der Waals surface area contributed by atoms with E-state index in [1.165, 1.54) is 10.6 Å². The first-order valence-electron chi connectivity index (χ1n) is 4.38. The van der Waals surface area contributed by atoms with Gasteiger partial charge in [0.05, 0.1) is 11.7 Å². The third-order valence-electron chi connectivity index (χ3n) is 1.68. The second-order valence-corrected chi connectivity index (χ2v) is 3.32. The molecular weight excluding hydrogens is 182 g/mol. The normalized spacial score (nSPS) is 10.3. The number of hydrogen-bond donors (Lipinski definition) is 0. The van der Waals surface area contributed by atoms with Crippen LogP contribution in [0.3, 0.4) is 0 Å². The zero-order valence-electron chi connectivity index (χ0n) is 8.48. The Morgan fingerprint density at radius 3 is 2.64 bits per heavy atom. The maximum atomic E-state index is 11.3. The molecule has 0 saturated carbocycles. The van der Waals surface area contributed by atoms with Crippen LogP contribution in [-0.2, 0) is 11.8 Å². The molecule has 76 valence electrons. The highest BCUT2D eigenvalue weighted by Crippen LogP contribution is 2.00. The minimum absolute atomic E-state index is 0.174. The fraction of sp³-hybridized carbons (Fsp3) is 0.400. The van der Waals surface area contributed by atoms with Gasteiger partial charge in [-0.2, -0.15) is 0 Å². The van der Waals surface area contributed by atoms with Gasteiger partial charge >= 0.3 is 5.97 Å². The summed E-state index contributed by atoms with van der Waals surface area (Å²) in [5.41, 5.74) is 0.0741. The molecule has 0 saturated heterocycles. The van der Waals surface area contributed by atoms with E-state index in [4.69, 9.17) is 4.74 Å². The van der Waals surface area contributed by atoms with Crippen molar-refractivity contribution in [1.82, 2.24) is 4.57 Å². The van der Waals surface area contributed by atoms with Crippen LogP contribution in [0, 0.1) is 0 Å². The first-order chi connectivity index (χ1) is 6.50. The highest BCUT2D eigenvalue weighted by Gasteiger charge is 2.09. The van der Waals surface area contributed by atoms with Crippen molar-refractivity contribution < 1.29 is 9.53 Å². The molecule has 0 aliphatic rings. The Morgan fingerprint density at radius 2 is 2.14 bits per heavy atom. The van der Waals surface area contributed by atoms with Crippen molar-refractivity contribution in [3.8, 4) is 0 Å². The lowest BCUT2D eigenvalue weighted by Crippen LogP contribution is -2.19. The summed E-state index contributed by atoms with van der Waals surface area (Å²) in [5.74, 6) is -0.460. The van der Waals surface area contributed by atoms with Crippen molar-refractivity contribution in [3.05, 3.63) is 34.2 Å². The summed E-state index contributed by atoms with van der Waals surface area (Å²) in [6.45, 7) is 3.53. The van der Waals surface area contributed by atoms with Crippen molar-refractivity contribution in [2.45, 2.75) is 20.0 Å². The lowest BCUT2D eigenvalue weighted by Gasteiger charge is -2.07. The number of rotatable bonds is 2. The van der Waals surface area contributed by atoms with Crippen LogP contribution in [0.1, 0.15) is 24.2 Å². The predicted octanol–water partition coefficient (Wildman–Crippen LogP) is 0.950. The smallest absolute Gasteiger partial charge is 0.338 e. The molecule has 0 bridgehead atoms. The van der Waals surface area contributed by atoms with E-state index in [1.807, 2.05) is 0 Å². The third-order valence-corrected chi connectivity index (χ3v) is 1.68. The first-order valence-corrected chi connectivity index (χ1v) is 4.38. The number of esters is 1. The summed E-state index contributed by atoms with van der Waals surface area (Å²) < 4.78 is 6.34. The zero-order valence-corrected chi connectivity index (χ0v) is 8.48.